The lowest BCUT2D eigenvalue weighted by molar-refractivity contribution is 0.627. The fourth-order valence-electron chi connectivity index (χ4n) is 3.14. The lowest BCUT2D eigenvalue weighted by Gasteiger charge is -2.04. The van der Waals surface area contributed by atoms with Crippen LogP contribution in [0, 0.1) is 5.82 Å². The van der Waals surface area contributed by atoms with Gasteiger partial charge in [0.2, 0.25) is 0 Å². The number of aliphatic imine (C=N–C) groups is 1. The first-order valence-electron chi connectivity index (χ1n) is 9.01. The Kier molecular flexibility index (Phi) is 5.14. The number of benzene rings is 3. The van der Waals surface area contributed by atoms with Gasteiger partial charge >= 0.3 is 0 Å². The maximum atomic E-state index is 13.3. The number of hydrogen-bond acceptors (Lipinski definition) is 2. The summed E-state index contributed by atoms with van der Waals surface area (Å²) in [6, 6.07) is 22.4. The van der Waals surface area contributed by atoms with Crippen LogP contribution in [0.1, 0.15) is 12.5 Å². The van der Waals surface area contributed by atoms with Crippen molar-refractivity contribution in [2.45, 2.75) is 6.92 Å². The Hall–Kier alpha value is -3.44. The third kappa shape index (κ3) is 3.77. The van der Waals surface area contributed by atoms with E-state index in [1.54, 1.807) is 31.2 Å². The number of para-hydroxylation sites is 1. The molecule has 0 saturated carbocycles. The molecule has 0 amide bonds. The Balaban J connectivity index is 1.93. The summed E-state index contributed by atoms with van der Waals surface area (Å²) in [4.78, 5) is 17.9. The molecule has 0 atom stereocenters. The Morgan fingerprint density at radius 2 is 1.62 bits per heavy atom. The molecule has 0 bridgehead atoms. The largest absolute Gasteiger partial charge is 0.290 e. The predicted molar refractivity (Wildman–Crippen MR) is 115 cm³/mol. The normalized spacial score (nSPS) is 11.6. The summed E-state index contributed by atoms with van der Waals surface area (Å²) in [5.41, 5.74) is 3.27. The van der Waals surface area contributed by atoms with Gasteiger partial charge in [0.25, 0.3) is 5.56 Å². The van der Waals surface area contributed by atoms with E-state index in [0.29, 0.717) is 33.4 Å². The van der Waals surface area contributed by atoms with Crippen molar-refractivity contribution in [2.75, 3.05) is 0 Å². The van der Waals surface area contributed by atoms with Crippen molar-refractivity contribution < 1.29 is 4.39 Å². The van der Waals surface area contributed by atoms with E-state index in [2.05, 4.69) is 10.1 Å². The highest BCUT2D eigenvalue weighted by Gasteiger charge is 2.19. The van der Waals surface area contributed by atoms with E-state index >= 15 is 0 Å². The number of aromatic nitrogens is 2. The first-order valence-corrected chi connectivity index (χ1v) is 9.39. The van der Waals surface area contributed by atoms with E-state index in [-0.39, 0.29) is 11.4 Å². The standard InChI is InChI=1S/C23H17ClFN3O/c1-15(26-20-10-6-5-9-19(20)24)21-22(16-7-3-2-4-8-16)27-28(23(21)29)18-13-11-17(25)12-14-18/h2-14,27H,1H3. The SMILES string of the molecule is CC(=Nc1ccccc1Cl)c1c(-c2ccccc2)[nH]n(-c2ccc(F)cc2)c1=O. The van der Waals surface area contributed by atoms with Crippen LogP contribution >= 0.6 is 11.6 Å². The number of hydrogen-bond donors (Lipinski definition) is 1. The van der Waals surface area contributed by atoms with Gasteiger partial charge in [-0.25, -0.2) is 9.07 Å². The molecule has 0 radical (unpaired) electrons. The minimum absolute atomic E-state index is 0.274. The fraction of sp³-hybridized carbons (Fsp3) is 0.0435. The maximum Gasteiger partial charge on any atom is 0.280 e. The maximum absolute atomic E-state index is 13.3. The van der Waals surface area contributed by atoms with Gasteiger partial charge in [0, 0.05) is 5.56 Å². The van der Waals surface area contributed by atoms with E-state index < -0.39 is 0 Å². The van der Waals surface area contributed by atoms with E-state index in [9.17, 15) is 9.18 Å². The molecule has 1 heterocycles. The van der Waals surface area contributed by atoms with E-state index in [4.69, 9.17) is 11.6 Å². The zero-order valence-corrected chi connectivity index (χ0v) is 16.3. The van der Waals surface area contributed by atoms with Crippen LogP contribution in [-0.4, -0.2) is 15.5 Å². The molecule has 144 valence electrons. The molecule has 0 unspecified atom stereocenters. The van der Waals surface area contributed by atoms with Crippen LogP contribution < -0.4 is 5.56 Å². The molecule has 6 heteroatoms. The second kappa shape index (κ2) is 7.89. The molecule has 3 aromatic carbocycles. The quantitative estimate of drug-likeness (QED) is 0.431. The highest BCUT2D eigenvalue weighted by atomic mass is 35.5. The van der Waals surface area contributed by atoms with E-state index in [1.807, 2.05) is 42.5 Å². The molecule has 0 aliphatic heterocycles. The van der Waals surface area contributed by atoms with Crippen molar-refractivity contribution >= 4 is 23.0 Å². The number of halogens is 2. The smallest absolute Gasteiger partial charge is 0.280 e. The number of H-pyrrole nitrogens is 1. The molecule has 1 N–H and O–H groups in total. The monoisotopic (exact) mass is 405 g/mol. The van der Waals surface area contributed by atoms with E-state index in [0.717, 1.165) is 5.56 Å². The molecule has 0 fully saturated rings. The summed E-state index contributed by atoms with van der Waals surface area (Å²) >= 11 is 6.23. The van der Waals surface area contributed by atoms with Gasteiger partial charge in [-0.3, -0.25) is 14.9 Å². The highest BCUT2D eigenvalue weighted by molar-refractivity contribution is 6.33. The topological polar surface area (TPSA) is 50.1 Å². The first kappa shape index (κ1) is 18.9. The van der Waals surface area contributed by atoms with Gasteiger partial charge in [0.05, 0.1) is 33.4 Å². The number of rotatable bonds is 4. The Morgan fingerprint density at radius 1 is 0.966 bits per heavy atom. The number of nitrogens with one attached hydrogen (secondary N) is 1. The van der Waals surface area contributed by atoms with Crippen molar-refractivity contribution in [2.24, 2.45) is 4.99 Å². The minimum Gasteiger partial charge on any atom is -0.290 e. The fourth-order valence-corrected chi connectivity index (χ4v) is 3.32. The van der Waals surface area contributed by atoms with Gasteiger partial charge in [0.15, 0.2) is 0 Å². The molecule has 0 aliphatic rings. The van der Waals surface area contributed by atoms with E-state index in [1.165, 1.54) is 16.8 Å². The molecular weight excluding hydrogens is 389 g/mol. The third-order valence-electron chi connectivity index (χ3n) is 4.54. The van der Waals surface area contributed by atoms with Crippen LogP contribution in [0.2, 0.25) is 5.02 Å². The molecule has 0 saturated heterocycles. The summed E-state index contributed by atoms with van der Waals surface area (Å²) in [7, 11) is 0. The molecule has 4 aromatic rings. The third-order valence-corrected chi connectivity index (χ3v) is 4.86. The number of nitrogens with zero attached hydrogens (tertiary/aromatic N) is 2. The van der Waals surface area contributed by atoms with Gasteiger partial charge < -0.3 is 0 Å². The van der Waals surface area contributed by atoms with Gasteiger partial charge in [-0.2, -0.15) is 0 Å². The second-order valence-corrected chi connectivity index (χ2v) is 6.90. The molecule has 0 spiro atoms. The zero-order chi connectivity index (χ0) is 20.4. The van der Waals surface area contributed by atoms with Crippen molar-refractivity contribution in [1.29, 1.82) is 0 Å². The lowest BCUT2D eigenvalue weighted by atomic mass is 10.1. The van der Waals surface area contributed by atoms with Gasteiger partial charge in [-0.15, -0.1) is 0 Å². The summed E-state index contributed by atoms with van der Waals surface area (Å²) in [6.45, 7) is 1.77. The highest BCUT2D eigenvalue weighted by Crippen LogP contribution is 2.27. The molecule has 1 aromatic heterocycles. The minimum atomic E-state index is -0.367. The summed E-state index contributed by atoms with van der Waals surface area (Å²) in [6.07, 6.45) is 0. The molecule has 4 rings (SSSR count). The van der Waals surface area contributed by atoms with Crippen LogP contribution in [0.25, 0.3) is 16.9 Å². The zero-order valence-electron chi connectivity index (χ0n) is 15.6. The molecule has 4 nitrogen and oxygen atoms in total. The van der Waals surface area contributed by atoms with Crippen molar-refractivity contribution in [3.63, 3.8) is 0 Å². The van der Waals surface area contributed by atoms with Crippen LogP contribution in [0.15, 0.2) is 88.6 Å². The molecular formula is C23H17ClFN3O. The molecule has 0 aliphatic carbocycles. The van der Waals surface area contributed by atoms with Crippen LogP contribution in [0.4, 0.5) is 10.1 Å². The Morgan fingerprint density at radius 3 is 2.31 bits per heavy atom. The summed E-state index contributed by atoms with van der Waals surface area (Å²) < 4.78 is 14.7. The average molecular weight is 406 g/mol. The van der Waals surface area contributed by atoms with Gasteiger partial charge in [0.1, 0.15) is 5.82 Å². The Labute approximate surface area is 171 Å². The molecule has 29 heavy (non-hydrogen) atoms. The van der Waals surface area contributed by atoms with Gasteiger partial charge in [-0.05, 0) is 43.3 Å². The van der Waals surface area contributed by atoms with Crippen molar-refractivity contribution in [3.8, 4) is 16.9 Å². The summed E-state index contributed by atoms with van der Waals surface area (Å²) in [5.74, 6) is -0.367. The average Bonchev–Trinajstić information content (AvgIpc) is 3.08. The van der Waals surface area contributed by atoms with Gasteiger partial charge in [-0.1, -0.05) is 54.1 Å². The van der Waals surface area contributed by atoms with Crippen LogP contribution in [0.3, 0.4) is 0 Å². The Bertz CT molecular complexity index is 1240. The number of aromatic amines is 1. The second-order valence-electron chi connectivity index (χ2n) is 6.49. The van der Waals surface area contributed by atoms with Crippen LogP contribution in [-0.2, 0) is 0 Å². The first-order chi connectivity index (χ1) is 14.0. The van der Waals surface area contributed by atoms with Crippen molar-refractivity contribution in [1.82, 2.24) is 9.78 Å². The predicted octanol–water partition coefficient (Wildman–Crippen LogP) is 5.77. The van der Waals surface area contributed by atoms with Crippen LogP contribution in [0.5, 0.6) is 0 Å². The van der Waals surface area contributed by atoms with Crippen molar-refractivity contribution in [3.05, 3.63) is 106 Å². The summed E-state index contributed by atoms with van der Waals surface area (Å²) in [5, 5.41) is 3.65. The lowest BCUT2D eigenvalue weighted by Crippen LogP contribution is -2.19.